The van der Waals surface area contributed by atoms with Gasteiger partial charge in [-0.25, -0.2) is 4.79 Å². The molecule has 0 radical (unpaired) electrons. The quantitative estimate of drug-likeness (QED) is 0.602. The second kappa shape index (κ2) is 9.50. The second-order valence-corrected chi connectivity index (χ2v) is 7.82. The predicted molar refractivity (Wildman–Crippen MR) is 100 cm³/mol. The van der Waals surface area contributed by atoms with Crippen molar-refractivity contribution < 1.29 is 23.9 Å². The van der Waals surface area contributed by atoms with E-state index in [2.05, 4.69) is 10.6 Å². The van der Waals surface area contributed by atoms with E-state index < -0.39 is 24.5 Å². The number of esters is 1. The fourth-order valence-electron chi connectivity index (χ4n) is 2.26. The molecule has 3 amide bonds. The van der Waals surface area contributed by atoms with Crippen molar-refractivity contribution in [3.8, 4) is 0 Å². The summed E-state index contributed by atoms with van der Waals surface area (Å²) >= 11 is 1.27. The third-order valence-corrected chi connectivity index (χ3v) is 4.91. The molecule has 1 fully saturated rings. The lowest BCUT2D eigenvalue weighted by Crippen LogP contribution is -2.46. The first-order chi connectivity index (χ1) is 12.8. The number of carbonyl (C=O) groups excluding carboxylic acids is 4. The Morgan fingerprint density at radius 2 is 2.00 bits per heavy atom. The number of hydrogen-bond acceptors (Lipinski definition) is 6. The highest BCUT2D eigenvalue weighted by molar-refractivity contribution is 7.12. The van der Waals surface area contributed by atoms with Gasteiger partial charge in [0.15, 0.2) is 6.61 Å². The zero-order valence-corrected chi connectivity index (χ0v) is 16.5. The first-order valence-electron chi connectivity index (χ1n) is 8.82. The van der Waals surface area contributed by atoms with Crippen molar-refractivity contribution >= 4 is 35.0 Å². The fraction of sp³-hybridized carbons (Fsp3) is 0.556. The fourth-order valence-corrected chi connectivity index (χ4v) is 2.88. The molecule has 1 aromatic heterocycles. The maximum atomic E-state index is 12.3. The summed E-state index contributed by atoms with van der Waals surface area (Å²) < 4.78 is 5.07. The summed E-state index contributed by atoms with van der Waals surface area (Å²) in [4.78, 5) is 50.0. The van der Waals surface area contributed by atoms with Gasteiger partial charge in [0.05, 0.1) is 11.4 Å². The van der Waals surface area contributed by atoms with E-state index in [-0.39, 0.29) is 30.3 Å². The molecule has 1 heterocycles. The van der Waals surface area contributed by atoms with E-state index in [4.69, 9.17) is 4.74 Å². The molecule has 8 nitrogen and oxygen atoms in total. The molecule has 0 spiro atoms. The van der Waals surface area contributed by atoms with Crippen molar-refractivity contribution in [2.45, 2.75) is 38.8 Å². The molecule has 1 saturated carbocycles. The molecule has 1 atom stereocenters. The molecule has 0 unspecified atom stereocenters. The van der Waals surface area contributed by atoms with Crippen LogP contribution in [0.25, 0.3) is 0 Å². The molecule has 9 heteroatoms. The molecule has 0 bridgehead atoms. The number of carbonyl (C=O) groups is 4. The Morgan fingerprint density at radius 1 is 1.30 bits per heavy atom. The van der Waals surface area contributed by atoms with Gasteiger partial charge in [-0.3, -0.25) is 14.4 Å². The average Bonchev–Trinajstić information content (AvgIpc) is 3.24. The van der Waals surface area contributed by atoms with Gasteiger partial charge in [-0.15, -0.1) is 11.3 Å². The van der Waals surface area contributed by atoms with Gasteiger partial charge in [-0.1, -0.05) is 19.9 Å². The SMILES string of the molecule is CC(C)[C@@H](NC(=O)c1cccs1)C(=O)OCC(=O)N(C)CC(=O)NC1CC1. The minimum Gasteiger partial charge on any atom is -0.454 e. The van der Waals surface area contributed by atoms with Crippen LogP contribution in [-0.4, -0.2) is 60.9 Å². The molecule has 27 heavy (non-hydrogen) atoms. The highest BCUT2D eigenvalue weighted by Crippen LogP contribution is 2.18. The monoisotopic (exact) mass is 395 g/mol. The molecule has 2 rings (SSSR count). The van der Waals surface area contributed by atoms with Crippen molar-refractivity contribution in [2.75, 3.05) is 20.2 Å². The van der Waals surface area contributed by atoms with E-state index in [9.17, 15) is 19.2 Å². The van der Waals surface area contributed by atoms with Crippen LogP contribution >= 0.6 is 11.3 Å². The van der Waals surface area contributed by atoms with Crippen LogP contribution in [-0.2, 0) is 19.1 Å². The Labute approximate surface area is 162 Å². The minimum atomic E-state index is -0.865. The molecular weight excluding hydrogens is 370 g/mol. The molecular formula is C18H25N3O5S. The Balaban J connectivity index is 1.80. The maximum absolute atomic E-state index is 12.3. The van der Waals surface area contributed by atoms with Gasteiger partial charge < -0.3 is 20.3 Å². The largest absolute Gasteiger partial charge is 0.454 e. The van der Waals surface area contributed by atoms with Gasteiger partial charge in [-0.2, -0.15) is 0 Å². The third kappa shape index (κ3) is 6.67. The highest BCUT2D eigenvalue weighted by atomic mass is 32.1. The van der Waals surface area contributed by atoms with Gasteiger partial charge in [0, 0.05) is 13.1 Å². The van der Waals surface area contributed by atoms with Crippen LogP contribution in [0.2, 0.25) is 0 Å². The lowest BCUT2D eigenvalue weighted by atomic mass is 10.0. The van der Waals surface area contributed by atoms with Gasteiger partial charge in [0.1, 0.15) is 6.04 Å². The second-order valence-electron chi connectivity index (χ2n) is 6.87. The van der Waals surface area contributed by atoms with Gasteiger partial charge >= 0.3 is 5.97 Å². The van der Waals surface area contributed by atoms with Crippen LogP contribution in [0, 0.1) is 5.92 Å². The molecule has 0 aliphatic heterocycles. The van der Waals surface area contributed by atoms with Crippen LogP contribution in [0.15, 0.2) is 17.5 Å². The van der Waals surface area contributed by atoms with Crippen LogP contribution in [0.1, 0.15) is 36.4 Å². The Kier molecular flexibility index (Phi) is 7.35. The normalized spacial score (nSPS) is 14.4. The Bertz CT molecular complexity index is 685. The number of ether oxygens (including phenoxy) is 1. The summed E-state index contributed by atoms with van der Waals surface area (Å²) in [6.45, 7) is 2.98. The van der Waals surface area contributed by atoms with Crippen LogP contribution in [0.5, 0.6) is 0 Å². The van der Waals surface area contributed by atoms with Crippen LogP contribution in [0.3, 0.4) is 0 Å². The van der Waals surface area contributed by atoms with Crippen molar-refractivity contribution in [3.63, 3.8) is 0 Å². The number of nitrogens with zero attached hydrogens (tertiary/aromatic N) is 1. The van der Waals surface area contributed by atoms with Crippen molar-refractivity contribution in [1.82, 2.24) is 15.5 Å². The van der Waals surface area contributed by atoms with E-state index in [1.165, 1.54) is 23.3 Å². The number of rotatable bonds is 9. The summed E-state index contributed by atoms with van der Waals surface area (Å²) in [5.41, 5.74) is 0. The van der Waals surface area contributed by atoms with E-state index in [0.29, 0.717) is 4.88 Å². The summed E-state index contributed by atoms with van der Waals surface area (Å²) in [6.07, 6.45) is 1.93. The number of likely N-dealkylation sites (N-methyl/N-ethyl adjacent to an activating group) is 1. The number of thiophene rings is 1. The van der Waals surface area contributed by atoms with E-state index >= 15 is 0 Å². The number of nitrogens with one attached hydrogen (secondary N) is 2. The Hall–Kier alpha value is -2.42. The Morgan fingerprint density at radius 3 is 2.56 bits per heavy atom. The van der Waals surface area contributed by atoms with E-state index in [1.54, 1.807) is 31.4 Å². The summed E-state index contributed by atoms with van der Waals surface area (Å²) in [5, 5.41) is 7.20. The summed E-state index contributed by atoms with van der Waals surface area (Å²) in [6, 6.07) is 2.76. The van der Waals surface area contributed by atoms with Crippen molar-refractivity contribution in [2.24, 2.45) is 5.92 Å². The average molecular weight is 395 g/mol. The van der Waals surface area contributed by atoms with Crippen molar-refractivity contribution in [1.29, 1.82) is 0 Å². The highest BCUT2D eigenvalue weighted by Gasteiger charge is 2.28. The van der Waals surface area contributed by atoms with Crippen molar-refractivity contribution in [3.05, 3.63) is 22.4 Å². The van der Waals surface area contributed by atoms with E-state index in [0.717, 1.165) is 12.8 Å². The standard InChI is InChI=1S/C18H25N3O5S/c1-11(2)16(20-17(24)13-5-4-8-27-13)18(25)26-10-15(23)21(3)9-14(22)19-12-6-7-12/h4-5,8,11-12,16H,6-7,9-10H2,1-3H3,(H,19,22)(H,20,24)/t16-/m1/s1. The van der Waals surface area contributed by atoms with Gasteiger partial charge in [-0.05, 0) is 30.2 Å². The van der Waals surface area contributed by atoms with Crippen LogP contribution in [0.4, 0.5) is 0 Å². The molecule has 2 N–H and O–H groups in total. The smallest absolute Gasteiger partial charge is 0.329 e. The maximum Gasteiger partial charge on any atom is 0.329 e. The van der Waals surface area contributed by atoms with Gasteiger partial charge in [0.2, 0.25) is 5.91 Å². The van der Waals surface area contributed by atoms with E-state index in [1.807, 2.05) is 0 Å². The topological polar surface area (TPSA) is 105 Å². The zero-order chi connectivity index (χ0) is 20.0. The first kappa shape index (κ1) is 20.9. The number of amides is 3. The lowest BCUT2D eigenvalue weighted by Gasteiger charge is -2.21. The molecule has 1 aliphatic carbocycles. The molecule has 0 saturated heterocycles. The molecule has 1 aliphatic rings. The lowest BCUT2D eigenvalue weighted by molar-refractivity contribution is -0.154. The summed E-state index contributed by atoms with van der Waals surface area (Å²) in [5.74, 6) is -1.97. The number of hydrogen-bond donors (Lipinski definition) is 2. The summed E-state index contributed by atoms with van der Waals surface area (Å²) in [7, 11) is 1.47. The van der Waals surface area contributed by atoms with Gasteiger partial charge in [0.25, 0.3) is 11.8 Å². The van der Waals surface area contributed by atoms with Crippen LogP contribution < -0.4 is 10.6 Å². The first-order valence-corrected chi connectivity index (χ1v) is 9.70. The third-order valence-electron chi connectivity index (χ3n) is 4.04. The minimum absolute atomic E-state index is 0.0877. The zero-order valence-electron chi connectivity index (χ0n) is 15.7. The molecule has 1 aromatic rings. The molecule has 148 valence electrons. The molecule has 0 aromatic carbocycles. The predicted octanol–water partition coefficient (Wildman–Crippen LogP) is 0.783.